The molecule has 12 heteroatoms. The molecule has 0 bridgehead atoms. The smallest absolute Gasteiger partial charge is 0.324 e. The number of esters is 1. The monoisotopic (exact) mass is 498 g/mol. The van der Waals surface area contributed by atoms with E-state index in [4.69, 9.17) is 21.1 Å². The van der Waals surface area contributed by atoms with E-state index in [1.807, 2.05) is 0 Å². The second-order valence-corrected chi connectivity index (χ2v) is 10.1. The van der Waals surface area contributed by atoms with Crippen LogP contribution in [-0.4, -0.2) is 66.7 Å². The largest absolute Gasteiger partial charge is 0.465 e. The summed E-state index contributed by atoms with van der Waals surface area (Å²) in [6.45, 7) is 3.81. The van der Waals surface area contributed by atoms with E-state index in [0.29, 0.717) is 29.8 Å². The van der Waals surface area contributed by atoms with Crippen LogP contribution in [0.5, 0.6) is 0 Å². The van der Waals surface area contributed by atoms with E-state index in [1.54, 1.807) is 19.1 Å². The summed E-state index contributed by atoms with van der Waals surface area (Å²) < 4.78 is 51.6. The van der Waals surface area contributed by atoms with E-state index in [0.717, 1.165) is 4.31 Å². The number of rotatable bonds is 6. The number of carbonyl (C=O) groups excluding carboxylic acids is 1. The van der Waals surface area contributed by atoms with Crippen molar-refractivity contribution in [1.82, 2.24) is 14.3 Å². The number of nitrogens with zero attached hydrogens (tertiary/aromatic N) is 3. The highest BCUT2D eigenvalue weighted by molar-refractivity contribution is 7.89. The molecule has 3 atom stereocenters. The molecule has 0 spiro atoms. The van der Waals surface area contributed by atoms with Crippen molar-refractivity contribution in [2.45, 2.75) is 50.0 Å². The number of hydrogen-bond donors (Lipinski definition) is 1. The van der Waals surface area contributed by atoms with Crippen molar-refractivity contribution in [3.8, 4) is 11.3 Å². The molecule has 3 heterocycles. The molecule has 9 nitrogen and oxygen atoms in total. The van der Waals surface area contributed by atoms with E-state index in [-0.39, 0.29) is 35.6 Å². The molecule has 1 aromatic heterocycles. The number of carbonyl (C=O) groups is 1. The molecular formula is C21H24ClFN4O5S. The summed E-state index contributed by atoms with van der Waals surface area (Å²) in [4.78, 5) is 20.7. The number of aromatic nitrogens is 2. The molecule has 1 aromatic carbocycles. The second kappa shape index (κ2) is 9.49. The fourth-order valence-corrected chi connectivity index (χ4v) is 5.85. The molecule has 4 rings (SSSR count). The topological polar surface area (TPSA) is 111 Å². The highest BCUT2D eigenvalue weighted by atomic mass is 35.5. The zero-order valence-electron chi connectivity index (χ0n) is 18.1. The van der Waals surface area contributed by atoms with Gasteiger partial charge in [0.05, 0.1) is 41.1 Å². The molecule has 0 saturated carbocycles. The van der Waals surface area contributed by atoms with Crippen molar-refractivity contribution in [1.29, 1.82) is 0 Å². The fourth-order valence-electron chi connectivity index (χ4n) is 3.85. The highest BCUT2D eigenvalue weighted by Crippen LogP contribution is 2.36. The number of sulfonamides is 1. The van der Waals surface area contributed by atoms with Crippen molar-refractivity contribution in [2.24, 2.45) is 0 Å². The van der Waals surface area contributed by atoms with E-state index in [9.17, 15) is 17.6 Å². The lowest BCUT2D eigenvalue weighted by Crippen LogP contribution is -2.40. The van der Waals surface area contributed by atoms with Gasteiger partial charge in [0.15, 0.2) is 0 Å². The van der Waals surface area contributed by atoms with Crippen LogP contribution >= 0.6 is 11.6 Å². The van der Waals surface area contributed by atoms with Crippen molar-refractivity contribution in [2.75, 3.05) is 25.1 Å². The van der Waals surface area contributed by atoms with Gasteiger partial charge in [-0.1, -0.05) is 23.7 Å². The average Bonchev–Trinajstić information content (AvgIpc) is 3.06. The Bertz CT molecular complexity index is 1170. The zero-order chi connectivity index (χ0) is 23.8. The van der Waals surface area contributed by atoms with Crippen molar-refractivity contribution >= 4 is 33.5 Å². The first-order valence-corrected chi connectivity index (χ1v) is 12.4. The first-order valence-electron chi connectivity index (χ1n) is 10.5. The molecule has 0 amide bonds. The van der Waals surface area contributed by atoms with Gasteiger partial charge in [-0.25, -0.2) is 22.8 Å². The van der Waals surface area contributed by atoms with Crippen molar-refractivity contribution in [3.05, 3.63) is 35.0 Å². The SMILES string of the molecule is CCOC(=O)[C@@H](C)N1Cc2ccc(-c3nc(N[C@@H]4CCOC[C@H]4F)ncc3Cl)cc2S1(=O)=O. The predicted molar refractivity (Wildman–Crippen MR) is 119 cm³/mol. The van der Waals surface area contributed by atoms with E-state index in [2.05, 4.69) is 15.3 Å². The molecule has 178 valence electrons. The molecule has 0 radical (unpaired) electrons. The zero-order valence-corrected chi connectivity index (χ0v) is 19.7. The summed E-state index contributed by atoms with van der Waals surface area (Å²) in [7, 11) is -3.93. The highest BCUT2D eigenvalue weighted by Gasteiger charge is 2.41. The van der Waals surface area contributed by atoms with Gasteiger partial charge in [0.2, 0.25) is 16.0 Å². The number of fused-ring (bicyclic) bond motifs is 1. The Labute approximate surface area is 196 Å². The molecule has 1 N–H and O–H groups in total. The summed E-state index contributed by atoms with van der Waals surface area (Å²) in [5.74, 6) is -0.423. The van der Waals surface area contributed by atoms with Crippen LogP contribution in [0.25, 0.3) is 11.3 Å². The molecule has 2 aliphatic heterocycles. The Hall–Kier alpha value is -2.34. The Balaban J connectivity index is 1.63. The summed E-state index contributed by atoms with van der Waals surface area (Å²) in [6, 6.07) is 3.40. The average molecular weight is 499 g/mol. The number of halogens is 2. The number of benzene rings is 1. The maximum absolute atomic E-state index is 14.1. The Kier molecular flexibility index (Phi) is 6.85. The maximum Gasteiger partial charge on any atom is 0.324 e. The van der Waals surface area contributed by atoms with Crippen LogP contribution < -0.4 is 5.32 Å². The number of hydrogen-bond acceptors (Lipinski definition) is 8. The lowest BCUT2D eigenvalue weighted by molar-refractivity contribution is -0.147. The number of anilines is 1. The third kappa shape index (κ3) is 4.68. The molecular weight excluding hydrogens is 475 g/mol. The van der Waals surface area contributed by atoms with Crippen LogP contribution in [0.1, 0.15) is 25.8 Å². The Morgan fingerprint density at radius 3 is 2.97 bits per heavy atom. The second-order valence-electron chi connectivity index (χ2n) is 7.82. The molecule has 0 aliphatic carbocycles. The van der Waals surface area contributed by atoms with Crippen molar-refractivity contribution < 1.29 is 27.1 Å². The minimum atomic E-state index is -3.93. The van der Waals surface area contributed by atoms with Crippen LogP contribution in [0.4, 0.5) is 10.3 Å². The Morgan fingerprint density at radius 2 is 2.24 bits per heavy atom. The molecule has 1 saturated heterocycles. The fraction of sp³-hybridized carbons (Fsp3) is 0.476. The third-order valence-corrected chi connectivity index (χ3v) is 7.93. The first-order chi connectivity index (χ1) is 15.7. The maximum atomic E-state index is 14.1. The van der Waals surface area contributed by atoms with Gasteiger partial charge in [-0.05, 0) is 31.9 Å². The normalized spacial score (nSPS) is 23.0. The molecule has 2 aromatic rings. The van der Waals surface area contributed by atoms with Crippen molar-refractivity contribution in [3.63, 3.8) is 0 Å². The van der Waals surface area contributed by atoms with Gasteiger partial charge in [0.25, 0.3) is 0 Å². The van der Waals surface area contributed by atoms with Crippen LogP contribution in [0, 0.1) is 0 Å². The molecule has 2 aliphatic rings. The van der Waals surface area contributed by atoms with Gasteiger partial charge >= 0.3 is 5.97 Å². The Morgan fingerprint density at radius 1 is 1.45 bits per heavy atom. The van der Waals surface area contributed by atoms with E-state index < -0.39 is 34.2 Å². The van der Waals surface area contributed by atoms with E-state index >= 15 is 0 Å². The van der Waals surface area contributed by atoms with E-state index in [1.165, 1.54) is 19.2 Å². The van der Waals surface area contributed by atoms with Gasteiger partial charge in [0, 0.05) is 18.7 Å². The molecule has 33 heavy (non-hydrogen) atoms. The lowest BCUT2D eigenvalue weighted by Gasteiger charge is -2.26. The predicted octanol–water partition coefficient (Wildman–Crippen LogP) is 2.79. The van der Waals surface area contributed by atoms with Gasteiger partial charge < -0.3 is 14.8 Å². The summed E-state index contributed by atoms with van der Waals surface area (Å²) in [5, 5.41) is 3.19. The van der Waals surface area contributed by atoms with Gasteiger partial charge in [-0.2, -0.15) is 4.31 Å². The number of alkyl halides is 1. The molecule has 0 unspecified atom stereocenters. The van der Waals surface area contributed by atoms with Gasteiger partial charge in [-0.15, -0.1) is 0 Å². The van der Waals surface area contributed by atoms with Crippen LogP contribution in [0.3, 0.4) is 0 Å². The minimum Gasteiger partial charge on any atom is -0.465 e. The van der Waals surface area contributed by atoms with Crippen LogP contribution in [-0.2, 0) is 30.8 Å². The summed E-state index contributed by atoms with van der Waals surface area (Å²) in [5.41, 5.74) is 1.33. The quantitative estimate of drug-likeness (QED) is 0.605. The number of ether oxygens (including phenoxy) is 2. The molecule has 1 fully saturated rings. The summed E-state index contributed by atoms with van der Waals surface area (Å²) in [6.07, 6.45) is 0.656. The first kappa shape index (κ1) is 23.8. The summed E-state index contributed by atoms with van der Waals surface area (Å²) >= 11 is 6.31. The minimum absolute atomic E-state index is 0.00150. The van der Waals surface area contributed by atoms with Crippen LogP contribution in [0.15, 0.2) is 29.3 Å². The standard InChI is InChI=1S/C21H24ClFN4O5S/c1-3-32-20(28)12(2)27-10-14-5-4-13(8-18(14)33(27,29)30)19-15(22)9-24-21(26-19)25-17-6-7-31-11-16(17)23/h4-5,8-9,12,16-17H,3,6-7,10-11H2,1-2H3,(H,24,25,26)/t12-,16-,17-/m1/s1. The van der Waals surface area contributed by atoms with Crippen LogP contribution in [0.2, 0.25) is 5.02 Å². The van der Waals surface area contributed by atoms with Gasteiger partial charge in [-0.3, -0.25) is 4.79 Å². The third-order valence-electron chi connectivity index (χ3n) is 5.66. The lowest BCUT2D eigenvalue weighted by atomic mass is 10.1. The van der Waals surface area contributed by atoms with Gasteiger partial charge in [0.1, 0.15) is 12.2 Å². The number of nitrogens with one attached hydrogen (secondary N) is 1.